The quantitative estimate of drug-likeness (QED) is 0.679. The van der Waals surface area contributed by atoms with Crippen molar-refractivity contribution in [3.8, 4) is 11.5 Å². The molecule has 0 radical (unpaired) electrons. The summed E-state index contributed by atoms with van der Waals surface area (Å²) in [7, 11) is 1.57. The predicted molar refractivity (Wildman–Crippen MR) is 83.7 cm³/mol. The first-order valence-corrected chi connectivity index (χ1v) is 7.03. The molecule has 0 aliphatic heterocycles. The highest BCUT2D eigenvalue weighted by molar-refractivity contribution is 5.77. The van der Waals surface area contributed by atoms with Crippen molar-refractivity contribution in [1.82, 2.24) is 5.32 Å². The molecule has 1 aromatic carbocycles. The van der Waals surface area contributed by atoms with Gasteiger partial charge < -0.3 is 20.5 Å². The number of hydrogen-bond acceptors (Lipinski definition) is 4. The largest absolute Gasteiger partial charge is 0.493 e. The zero-order valence-corrected chi connectivity index (χ0v) is 12.7. The molecule has 1 rings (SSSR count). The summed E-state index contributed by atoms with van der Waals surface area (Å²) in [6, 6.07) is 5.77. The maximum absolute atomic E-state index is 11.5. The van der Waals surface area contributed by atoms with E-state index in [4.69, 9.17) is 15.2 Å². The van der Waals surface area contributed by atoms with Crippen molar-refractivity contribution < 1.29 is 14.3 Å². The number of rotatable bonds is 9. The van der Waals surface area contributed by atoms with E-state index < -0.39 is 0 Å². The zero-order chi connectivity index (χ0) is 15.7. The Morgan fingerprint density at radius 1 is 1.48 bits per heavy atom. The average Bonchev–Trinajstić information content (AvgIpc) is 2.51. The lowest BCUT2D eigenvalue weighted by atomic mass is 10.0. The fraction of sp³-hybridized carbons (Fsp3) is 0.438. The molecule has 0 fully saturated rings. The molecule has 0 saturated heterocycles. The van der Waals surface area contributed by atoms with E-state index >= 15 is 0 Å². The summed E-state index contributed by atoms with van der Waals surface area (Å²) >= 11 is 0. The lowest BCUT2D eigenvalue weighted by Gasteiger charge is -2.13. The van der Waals surface area contributed by atoms with Crippen LogP contribution in [0.4, 0.5) is 0 Å². The van der Waals surface area contributed by atoms with Crippen LogP contribution in [-0.4, -0.2) is 32.2 Å². The standard InChI is InChI=1S/C16H24N2O3/c1-4-8-18-16(19)11-21-14-7-6-12(9-13(17)5-2)10-15(14)20-3/h4,6-7,10,13H,1,5,8-9,11,17H2,2-3H3,(H,18,19). The maximum atomic E-state index is 11.5. The van der Waals surface area contributed by atoms with Crippen molar-refractivity contribution in [2.75, 3.05) is 20.3 Å². The normalized spacial score (nSPS) is 11.6. The lowest BCUT2D eigenvalue weighted by molar-refractivity contribution is -0.122. The van der Waals surface area contributed by atoms with Crippen molar-refractivity contribution >= 4 is 5.91 Å². The van der Waals surface area contributed by atoms with Gasteiger partial charge in [-0.25, -0.2) is 0 Å². The molecule has 1 atom stereocenters. The second kappa shape index (κ2) is 9.02. The number of nitrogens with one attached hydrogen (secondary N) is 1. The molecule has 1 aromatic rings. The molecule has 0 bridgehead atoms. The highest BCUT2D eigenvalue weighted by atomic mass is 16.5. The van der Waals surface area contributed by atoms with Crippen LogP contribution >= 0.6 is 0 Å². The van der Waals surface area contributed by atoms with Gasteiger partial charge in [0.15, 0.2) is 18.1 Å². The number of hydrogen-bond donors (Lipinski definition) is 2. The Hall–Kier alpha value is -2.01. The van der Waals surface area contributed by atoms with E-state index in [0.29, 0.717) is 18.0 Å². The Morgan fingerprint density at radius 3 is 2.86 bits per heavy atom. The summed E-state index contributed by atoms with van der Waals surface area (Å²) in [4.78, 5) is 11.5. The van der Waals surface area contributed by atoms with Gasteiger partial charge in [-0.15, -0.1) is 6.58 Å². The second-order valence-corrected chi connectivity index (χ2v) is 4.74. The third kappa shape index (κ3) is 5.87. The smallest absolute Gasteiger partial charge is 0.258 e. The molecule has 21 heavy (non-hydrogen) atoms. The third-order valence-corrected chi connectivity index (χ3v) is 3.05. The van der Waals surface area contributed by atoms with Crippen LogP contribution in [0.15, 0.2) is 30.9 Å². The van der Waals surface area contributed by atoms with Crippen LogP contribution in [0, 0.1) is 0 Å². The monoisotopic (exact) mass is 292 g/mol. The van der Waals surface area contributed by atoms with E-state index in [2.05, 4.69) is 18.8 Å². The molecule has 0 heterocycles. The topological polar surface area (TPSA) is 73.6 Å². The van der Waals surface area contributed by atoms with Gasteiger partial charge >= 0.3 is 0 Å². The SMILES string of the molecule is C=CCNC(=O)COc1ccc(CC(N)CC)cc1OC. The van der Waals surface area contributed by atoms with E-state index in [0.717, 1.165) is 18.4 Å². The van der Waals surface area contributed by atoms with E-state index in [1.54, 1.807) is 19.3 Å². The van der Waals surface area contributed by atoms with Crippen LogP contribution < -0.4 is 20.5 Å². The minimum Gasteiger partial charge on any atom is -0.493 e. The summed E-state index contributed by atoms with van der Waals surface area (Å²) in [5, 5.41) is 2.65. The molecule has 0 aliphatic carbocycles. The summed E-state index contributed by atoms with van der Waals surface area (Å²) < 4.78 is 10.8. The van der Waals surface area contributed by atoms with Gasteiger partial charge in [-0.3, -0.25) is 4.79 Å². The van der Waals surface area contributed by atoms with E-state index in [-0.39, 0.29) is 18.6 Å². The molecular formula is C16H24N2O3. The van der Waals surface area contributed by atoms with Gasteiger partial charge in [-0.05, 0) is 30.5 Å². The van der Waals surface area contributed by atoms with Gasteiger partial charge in [0.05, 0.1) is 7.11 Å². The highest BCUT2D eigenvalue weighted by Gasteiger charge is 2.09. The minimum atomic E-state index is -0.200. The second-order valence-electron chi connectivity index (χ2n) is 4.74. The van der Waals surface area contributed by atoms with Gasteiger partial charge in [-0.1, -0.05) is 19.1 Å². The Bertz CT molecular complexity index is 475. The van der Waals surface area contributed by atoms with E-state index in [1.807, 2.05) is 12.1 Å². The van der Waals surface area contributed by atoms with Gasteiger partial charge in [0.2, 0.25) is 0 Å². The summed E-state index contributed by atoms with van der Waals surface area (Å²) in [5.74, 6) is 0.946. The molecule has 1 unspecified atom stereocenters. The first-order valence-electron chi connectivity index (χ1n) is 7.03. The summed E-state index contributed by atoms with van der Waals surface area (Å²) in [6.07, 6.45) is 3.32. The summed E-state index contributed by atoms with van der Waals surface area (Å²) in [6.45, 7) is 5.96. The van der Waals surface area contributed by atoms with Crippen LogP contribution in [0.1, 0.15) is 18.9 Å². The number of amides is 1. The van der Waals surface area contributed by atoms with Crippen molar-refractivity contribution in [3.63, 3.8) is 0 Å². The molecule has 0 spiro atoms. The van der Waals surface area contributed by atoms with E-state index in [1.165, 1.54) is 0 Å². The van der Waals surface area contributed by atoms with Crippen LogP contribution in [0.3, 0.4) is 0 Å². The van der Waals surface area contributed by atoms with Gasteiger partial charge in [0.1, 0.15) is 0 Å². The number of carbonyl (C=O) groups is 1. The molecule has 116 valence electrons. The van der Waals surface area contributed by atoms with Crippen molar-refractivity contribution in [2.24, 2.45) is 5.73 Å². The number of methoxy groups -OCH3 is 1. The minimum absolute atomic E-state index is 0.0575. The van der Waals surface area contributed by atoms with Crippen molar-refractivity contribution in [1.29, 1.82) is 0 Å². The predicted octanol–water partition coefficient (Wildman–Crippen LogP) is 1.66. The Kier molecular flexibility index (Phi) is 7.32. The third-order valence-electron chi connectivity index (χ3n) is 3.05. The Labute approximate surface area is 126 Å². The number of carbonyl (C=O) groups excluding carboxylic acids is 1. The molecule has 3 N–H and O–H groups in total. The molecule has 0 aliphatic rings. The zero-order valence-electron chi connectivity index (χ0n) is 12.7. The van der Waals surface area contributed by atoms with Crippen LogP contribution in [-0.2, 0) is 11.2 Å². The summed E-state index contributed by atoms with van der Waals surface area (Å²) in [5.41, 5.74) is 7.03. The fourth-order valence-corrected chi connectivity index (χ4v) is 1.79. The Balaban J connectivity index is 2.66. The molecular weight excluding hydrogens is 268 g/mol. The van der Waals surface area contributed by atoms with Crippen molar-refractivity contribution in [3.05, 3.63) is 36.4 Å². The Morgan fingerprint density at radius 2 is 2.24 bits per heavy atom. The van der Waals surface area contributed by atoms with Crippen LogP contribution in [0.2, 0.25) is 0 Å². The van der Waals surface area contributed by atoms with Crippen LogP contribution in [0.25, 0.3) is 0 Å². The maximum Gasteiger partial charge on any atom is 0.258 e. The van der Waals surface area contributed by atoms with Gasteiger partial charge in [0.25, 0.3) is 5.91 Å². The van der Waals surface area contributed by atoms with Crippen LogP contribution in [0.5, 0.6) is 11.5 Å². The first kappa shape index (κ1) is 17.0. The van der Waals surface area contributed by atoms with Gasteiger partial charge in [0, 0.05) is 12.6 Å². The fourth-order valence-electron chi connectivity index (χ4n) is 1.79. The molecule has 0 aromatic heterocycles. The lowest BCUT2D eigenvalue weighted by Crippen LogP contribution is -2.28. The molecule has 5 heteroatoms. The molecule has 1 amide bonds. The highest BCUT2D eigenvalue weighted by Crippen LogP contribution is 2.28. The van der Waals surface area contributed by atoms with E-state index in [9.17, 15) is 4.79 Å². The first-order chi connectivity index (χ1) is 10.1. The number of benzene rings is 1. The number of ether oxygens (including phenoxy) is 2. The molecule has 0 saturated carbocycles. The molecule has 5 nitrogen and oxygen atoms in total. The number of nitrogens with two attached hydrogens (primary N) is 1. The van der Waals surface area contributed by atoms with Crippen molar-refractivity contribution in [2.45, 2.75) is 25.8 Å². The van der Waals surface area contributed by atoms with Gasteiger partial charge in [-0.2, -0.15) is 0 Å². The average molecular weight is 292 g/mol.